The van der Waals surface area contributed by atoms with E-state index in [4.69, 9.17) is 4.74 Å². The van der Waals surface area contributed by atoms with Crippen LogP contribution < -0.4 is 15.0 Å². The summed E-state index contributed by atoms with van der Waals surface area (Å²) in [5, 5.41) is 3.70. The van der Waals surface area contributed by atoms with Gasteiger partial charge in [0, 0.05) is 31.4 Å². The molecule has 2 atom stereocenters. The molecule has 1 aromatic carbocycles. The van der Waals surface area contributed by atoms with Crippen molar-refractivity contribution in [2.24, 2.45) is 11.3 Å². The van der Waals surface area contributed by atoms with Crippen molar-refractivity contribution >= 4 is 5.69 Å². The molecule has 0 amide bonds. The lowest BCUT2D eigenvalue weighted by Crippen LogP contribution is -2.47. The molecular weight excluding hydrogens is 236 g/mol. The first kappa shape index (κ1) is 12.8. The molecule has 0 bridgehead atoms. The third kappa shape index (κ3) is 2.32. The fraction of sp³-hybridized carbons (Fsp3) is 0.625. The van der Waals surface area contributed by atoms with Gasteiger partial charge in [0.15, 0.2) is 0 Å². The lowest BCUT2D eigenvalue weighted by Gasteiger charge is -2.40. The summed E-state index contributed by atoms with van der Waals surface area (Å²) in [4.78, 5) is 2.50. The highest BCUT2D eigenvalue weighted by Crippen LogP contribution is 2.40. The molecule has 2 fully saturated rings. The number of benzene rings is 1. The molecule has 2 heterocycles. The minimum atomic E-state index is 0.455. The Morgan fingerprint density at radius 1 is 1.26 bits per heavy atom. The van der Waals surface area contributed by atoms with E-state index in [-0.39, 0.29) is 0 Å². The van der Waals surface area contributed by atoms with Crippen LogP contribution >= 0.6 is 0 Å². The van der Waals surface area contributed by atoms with Gasteiger partial charge in [-0.1, -0.05) is 13.8 Å². The Morgan fingerprint density at radius 2 is 2.00 bits per heavy atom. The number of ether oxygens (including phenoxy) is 1. The van der Waals surface area contributed by atoms with Gasteiger partial charge in [-0.2, -0.15) is 0 Å². The van der Waals surface area contributed by atoms with Gasteiger partial charge >= 0.3 is 0 Å². The van der Waals surface area contributed by atoms with Crippen molar-refractivity contribution in [1.82, 2.24) is 5.32 Å². The second-order valence-electron chi connectivity index (χ2n) is 6.52. The van der Waals surface area contributed by atoms with Gasteiger partial charge in [-0.15, -0.1) is 0 Å². The number of nitrogens with one attached hydrogen (secondary N) is 1. The van der Waals surface area contributed by atoms with E-state index in [0.717, 1.165) is 24.8 Å². The number of hydrogen-bond donors (Lipinski definition) is 1. The minimum Gasteiger partial charge on any atom is -0.497 e. The highest BCUT2D eigenvalue weighted by molar-refractivity contribution is 5.49. The van der Waals surface area contributed by atoms with Crippen LogP contribution in [-0.4, -0.2) is 32.8 Å². The van der Waals surface area contributed by atoms with Gasteiger partial charge in [-0.25, -0.2) is 0 Å². The summed E-state index contributed by atoms with van der Waals surface area (Å²) in [7, 11) is 1.71. The molecule has 3 heteroatoms. The maximum atomic E-state index is 5.22. The lowest BCUT2D eigenvalue weighted by molar-refractivity contribution is 0.227. The molecule has 1 aromatic rings. The van der Waals surface area contributed by atoms with Crippen LogP contribution in [0.2, 0.25) is 0 Å². The molecule has 2 aliphatic rings. The molecule has 19 heavy (non-hydrogen) atoms. The van der Waals surface area contributed by atoms with E-state index < -0.39 is 0 Å². The standard InChI is InChI=1S/C16H24N2O/c1-16(2)11-17-15-10-18(9-8-14(15)16)12-4-6-13(19-3)7-5-12/h4-7,14-15,17H,8-11H2,1-3H3. The second kappa shape index (κ2) is 4.71. The molecule has 0 spiro atoms. The molecule has 104 valence electrons. The van der Waals surface area contributed by atoms with Crippen molar-refractivity contribution in [2.45, 2.75) is 26.3 Å². The van der Waals surface area contributed by atoms with E-state index in [2.05, 4.69) is 36.2 Å². The van der Waals surface area contributed by atoms with Crippen LogP contribution in [-0.2, 0) is 0 Å². The number of anilines is 1. The zero-order valence-electron chi connectivity index (χ0n) is 12.1. The van der Waals surface area contributed by atoms with Gasteiger partial charge in [-0.3, -0.25) is 0 Å². The topological polar surface area (TPSA) is 24.5 Å². The van der Waals surface area contributed by atoms with Crippen molar-refractivity contribution in [1.29, 1.82) is 0 Å². The van der Waals surface area contributed by atoms with Crippen LogP contribution in [0.4, 0.5) is 5.69 Å². The lowest BCUT2D eigenvalue weighted by atomic mass is 9.75. The summed E-state index contributed by atoms with van der Waals surface area (Å²) >= 11 is 0. The molecule has 2 saturated heterocycles. The Bertz CT molecular complexity index is 441. The maximum absolute atomic E-state index is 5.22. The summed E-state index contributed by atoms with van der Waals surface area (Å²) in [5.41, 5.74) is 1.77. The highest BCUT2D eigenvalue weighted by Gasteiger charge is 2.44. The van der Waals surface area contributed by atoms with Crippen LogP contribution in [0.15, 0.2) is 24.3 Å². The molecule has 0 saturated carbocycles. The Hall–Kier alpha value is -1.22. The third-order valence-corrected chi connectivity index (χ3v) is 4.87. The summed E-state index contributed by atoms with van der Waals surface area (Å²) in [6.45, 7) is 8.24. The van der Waals surface area contributed by atoms with Crippen molar-refractivity contribution < 1.29 is 4.74 Å². The van der Waals surface area contributed by atoms with E-state index in [0.29, 0.717) is 11.5 Å². The van der Waals surface area contributed by atoms with E-state index in [9.17, 15) is 0 Å². The summed E-state index contributed by atoms with van der Waals surface area (Å²) in [5.74, 6) is 1.75. The number of nitrogens with zero attached hydrogens (tertiary/aromatic N) is 1. The maximum Gasteiger partial charge on any atom is 0.119 e. The summed E-state index contributed by atoms with van der Waals surface area (Å²) in [6, 6.07) is 9.07. The minimum absolute atomic E-state index is 0.455. The van der Waals surface area contributed by atoms with Crippen LogP contribution in [0.25, 0.3) is 0 Å². The van der Waals surface area contributed by atoms with Crippen molar-refractivity contribution in [3.05, 3.63) is 24.3 Å². The number of methoxy groups -OCH3 is 1. The SMILES string of the molecule is COc1ccc(N2CCC3C(C2)NCC3(C)C)cc1. The van der Waals surface area contributed by atoms with Gasteiger partial charge < -0.3 is 15.0 Å². The van der Waals surface area contributed by atoms with E-state index in [1.165, 1.54) is 18.7 Å². The monoisotopic (exact) mass is 260 g/mol. The van der Waals surface area contributed by atoms with Gasteiger partial charge in [0.25, 0.3) is 0 Å². The number of piperidine rings is 1. The van der Waals surface area contributed by atoms with Crippen molar-refractivity contribution in [2.75, 3.05) is 31.6 Å². The van der Waals surface area contributed by atoms with Crippen molar-refractivity contribution in [3.8, 4) is 5.75 Å². The number of hydrogen-bond acceptors (Lipinski definition) is 3. The molecule has 1 N–H and O–H groups in total. The first-order valence-electron chi connectivity index (χ1n) is 7.22. The first-order valence-corrected chi connectivity index (χ1v) is 7.22. The molecule has 0 aliphatic carbocycles. The number of fused-ring (bicyclic) bond motifs is 1. The molecule has 0 aromatic heterocycles. The van der Waals surface area contributed by atoms with E-state index >= 15 is 0 Å². The van der Waals surface area contributed by atoms with Gasteiger partial charge in [0.05, 0.1) is 7.11 Å². The predicted molar refractivity (Wildman–Crippen MR) is 78.9 cm³/mol. The largest absolute Gasteiger partial charge is 0.497 e. The zero-order valence-corrected chi connectivity index (χ0v) is 12.1. The highest BCUT2D eigenvalue weighted by atomic mass is 16.5. The van der Waals surface area contributed by atoms with Gasteiger partial charge in [0.1, 0.15) is 5.75 Å². The first-order chi connectivity index (χ1) is 9.10. The quantitative estimate of drug-likeness (QED) is 0.884. The summed E-state index contributed by atoms with van der Waals surface area (Å²) in [6.07, 6.45) is 1.29. The fourth-order valence-electron chi connectivity index (χ4n) is 3.65. The average molecular weight is 260 g/mol. The molecule has 3 rings (SSSR count). The molecular formula is C16H24N2O. The smallest absolute Gasteiger partial charge is 0.119 e. The molecule has 2 aliphatic heterocycles. The van der Waals surface area contributed by atoms with E-state index in [1.54, 1.807) is 7.11 Å². The van der Waals surface area contributed by atoms with E-state index in [1.807, 2.05) is 12.1 Å². The molecule has 0 radical (unpaired) electrons. The normalized spacial score (nSPS) is 29.1. The summed E-state index contributed by atoms with van der Waals surface area (Å²) < 4.78 is 5.22. The van der Waals surface area contributed by atoms with Crippen molar-refractivity contribution in [3.63, 3.8) is 0 Å². The molecule has 3 nitrogen and oxygen atoms in total. The van der Waals surface area contributed by atoms with Gasteiger partial charge in [-0.05, 0) is 42.0 Å². The average Bonchev–Trinajstić information content (AvgIpc) is 2.74. The van der Waals surface area contributed by atoms with Gasteiger partial charge in [0.2, 0.25) is 0 Å². The Morgan fingerprint density at radius 3 is 2.68 bits per heavy atom. The Kier molecular flexibility index (Phi) is 3.17. The third-order valence-electron chi connectivity index (χ3n) is 4.87. The van der Waals surface area contributed by atoms with Crippen LogP contribution in [0.1, 0.15) is 20.3 Å². The second-order valence-corrected chi connectivity index (χ2v) is 6.52. The Labute approximate surface area is 115 Å². The fourth-order valence-corrected chi connectivity index (χ4v) is 3.65. The molecule has 2 unspecified atom stereocenters. The zero-order chi connectivity index (χ0) is 13.5. The van der Waals surface area contributed by atoms with Crippen LogP contribution in [0.3, 0.4) is 0 Å². The number of rotatable bonds is 2. The van der Waals surface area contributed by atoms with Crippen LogP contribution in [0.5, 0.6) is 5.75 Å². The predicted octanol–water partition coefficient (Wildman–Crippen LogP) is 2.52. The van der Waals surface area contributed by atoms with Crippen LogP contribution in [0, 0.1) is 11.3 Å². The Balaban J connectivity index is 1.71.